The summed E-state index contributed by atoms with van der Waals surface area (Å²) in [4.78, 5) is 23.1. The highest BCUT2D eigenvalue weighted by Gasteiger charge is 2.08. The highest BCUT2D eigenvalue weighted by molar-refractivity contribution is 5.82. The minimum Gasteiger partial charge on any atom is -0.352 e. The van der Waals surface area contributed by atoms with Crippen LogP contribution >= 0.6 is 0 Å². The Bertz CT molecular complexity index is 949. The maximum atomic E-state index is 12.1. The largest absolute Gasteiger partial charge is 0.352 e. The van der Waals surface area contributed by atoms with Gasteiger partial charge in [0, 0.05) is 17.0 Å². The molecule has 0 atom stereocenters. The zero-order valence-electron chi connectivity index (χ0n) is 10.6. The third-order valence-corrected chi connectivity index (χ3v) is 3.38. The Morgan fingerprint density at radius 1 is 0.850 bits per heavy atom. The molecule has 0 spiro atoms. The van der Waals surface area contributed by atoms with Crippen molar-refractivity contribution in [2.45, 2.75) is 0 Å². The summed E-state index contributed by atoms with van der Waals surface area (Å²) in [5, 5.41) is 0.687. The number of aromatic nitrogens is 3. The summed E-state index contributed by atoms with van der Waals surface area (Å²) in [6.45, 7) is 0. The third kappa shape index (κ3) is 1.62. The van der Waals surface area contributed by atoms with Crippen molar-refractivity contribution >= 4 is 21.9 Å². The number of hydrogen-bond donors (Lipinski definition) is 2. The van der Waals surface area contributed by atoms with Gasteiger partial charge in [0.05, 0.1) is 16.7 Å². The van der Waals surface area contributed by atoms with Gasteiger partial charge in [-0.3, -0.25) is 4.79 Å². The van der Waals surface area contributed by atoms with E-state index in [0.29, 0.717) is 16.9 Å². The van der Waals surface area contributed by atoms with Crippen LogP contribution < -0.4 is 5.43 Å². The Labute approximate surface area is 114 Å². The Morgan fingerprint density at radius 2 is 1.60 bits per heavy atom. The van der Waals surface area contributed by atoms with Crippen molar-refractivity contribution in [3.05, 3.63) is 64.8 Å². The Hall–Kier alpha value is -2.88. The molecular formula is C16H11N3O. The molecule has 0 bridgehead atoms. The van der Waals surface area contributed by atoms with Gasteiger partial charge in [-0.05, 0) is 24.3 Å². The second-order valence-electron chi connectivity index (χ2n) is 4.70. The second kappa shape index (κ2) is 4.06. The van der Waals surface area contributed by atoms with E-state index in [9.17, 15) is 4.79 Å². The lowest BCUT2D eigenvalue weighted by molar-refractivity contribution is 1.26. The van der Waals surface area contributed by atoms with E-state index in [1.54, 1.807) is 6.07 Å². The Morgan fingerprint density at radius 3 is 2.45 bits per heavy atom. The molecule has 2 N–H and O–H groups in total. The summed E-state index contributed by atoms with van der Waals surface area (Å²) in [7, 11) is 0. The number of fused-ring (bicyclic) bond motifs is 2. The molecule has 0 aliphatic heterocycles. The van der Waals surface area contributed by atoms with Crippen molar-refractivity contribution in [3.8, 4) is 11.5 Å². The van der Waals surface area contributed by atoms with Crippen LogP contribution in [-0.4, -0.2) is 15.0 Å². The second-order valence-corrected chi connectivity index (χ2v) is 4.70. The molecule has 0 unspecified atom stereocenters. The monoisotopic (exact) mass is 261 g/mol. The van der Waals surface area contributed by atoms with Crippen molar-refractivity contribution in [3.63, 3.8) is 0 Å². The van der Waals surface area contributed by atoms with E-state index in [4.69, 9.17) is 0 Å². The Kier molecular flexibility index (Phi) is 2.23. The lowest BCUT2D eigenvalue weighted by atomic mass is 10.2. The van der Waals surface area contributed by atoms with E-state index in [2.05, 4.69) is 15.0 Å². The lowest BCUT2D eigenvalue weighted by Crippen LogP contribution is -2.03. The number of benzene rings is 2. The average Bonchev–Trinajstić information content (AvgIpc) is 2.91. The molecule has 4 aromatic rings. The SMILES string of the molecule is O=c1cc(-c2nc3ccccc3[nH]2)[nH]c2ccccc12. The van der Waals surface area contributed by atoms with Crippen LogP contribution in [0.3, 0.4) is 0 Å². The minimum absolute atomic E-state index is 0.00481. The first-order valence-corrected chi connectivity index (χ1v) is 6.38. The first kappa shape index (κ1) is 11.0. The van der Waals surface area contributed by atoms with Crippen LogP contribution in [0.5, 0.6) is 0 Å². The molecule has 2 aromatic heterocycles. The maximum absolute atomic E-state index is 12.1. The maximum Gasteiger partial charge on any atom is 0.190 e. The van der Waals surface area contributed by atoms with Gasteiger partial charge < -0.3 is 9.97 Å². The predicted octanol–water partition coefficient (Wildman–Crippen LogP) is 3.07. The van der Waals surface area contributed by atoms with Crippen LogP contribution in [-0.2, 0) is 0 Å². The Balaban J connectivity index is 1.99. The molecule has 0 radical (unpaired) electrons. The zero-order valence-corrected chi connectivity index (χ0v) is 10.6. The molecule has 0 aliphatic carbocycles. The molecule has 0 fully saturated rings. The first-order chi connectivity index (χ1) is 9.81. The quantitative estimate of drug-likeness (QED) is 0.553. The minimum atomic E-state index is -0.00481. The van der Waals surface area contributed by atoms with Crippen LogP contribution in [0, 0.1) is 0 Å². The van der Waals surface area contributed by atoms with Gasteiger partial charge in [0.2, 0.25) is 0 Å². The molecule has 2 aromatic carbocycles. The van der Waals surface area contributed by atoms with E-state index in [-0.39, 0.29) is 5.43 Å². The average molecular weight is 261 g/mol. The number of H-pyrrole nitrogens is 2. The standard InChI is InChI=1S/C16H11N3O/c20-15-9-14(17-11-6-2-1-5-10(11)15)16-18-12-7-3-4-8-13(12)19-16/h1-9H,(H,17,20)(H,18,19). The number of imidazole rings is 1. The number of nitrogens with zero attached hydrogens (tertiary/aromatic N) is 1. The summed E-state index contributed by atoms with van der Waals surface area (Å²) >= 11 is 0. The van der Waals surface area contributed by atoms with Gasteiger partial charge in [0.1, 0.15) is 0 Å². The first-order valence-electron chi connectivity index (χ1n) is 6.38. The van der Waals surface area contributed by atoms with Gasteiger partial charge >= 0.3 is 0 Å². The lowest BCUT2D eigenvalue weighted by Gasteiger charge is -2.01. The smallest absolute Gasteiger partial charge is 0.190 e. The molecule has 2 heterocycles. The molecule has 0 saturated heterocycles. The molecule has 4 heteroatoms. The van der Waals surface area contributed by atoms with E-state index < -0.39 is 0 Å². The number of rotatable bonds is 1. The molecule has 4 nitrogen and oxygen atoms in total. The summed E-state index contributed by atoms with van der Waals surface area (Å²) in [6.07, 6.45) is 0. The molecule has 4 rings (SSSR count). The topological polar surface area (TPSA) is 61.5 Å². The van der Waals surface area contributed by atoms with Crippen LogP contribution in [0.15, 0.2) is 59.4 Å². The molecule has 20 heavy (non-hydrogen) atoms. The van der Waals surface area contributed by atoms with Crippen LogP contribution in [0.4, 0.5) is 0 Å². The fourth-order valence-corrected chi connectivity index (χ4v) is 2.40. The third-order valence-electron chi connectivity index (χ3n) is 3.38. The molecule has 0 saturated carbocycles. The van der Waals surface area contributed by atoms with Crippen molar-refractivity contribution < 1.29 is 0 Å². The molecule has 0 amide bonds. The number of aromatic amines is 2. The van der Waals surface area contributed by atoms with Gasteiger partial charge in [-0.1, -0.05) is 24.3 Å². The highest BCUT2D eigenvalue weighted by Crippen LogP contribution is 2.19. The molecule has 0 aliphatic rings. The van der Waals surface area contributed by atoms with E-state index in [0.717, 1.165) is 16.6 Å². The molecule has 96 valence electrons. The van der Waals surface area contributed by atoms with Crippen molar-refractivity contribution in [2.75, 3.05) is 0 Å². The fraction of sp³-hybridized carbons (Fsp3) is 0. The number of nitrogens with one attached hydrogen (secondary N) is 2. The summed E-state index contributed by atoms with van der Waals surface area (Å²) in [6, 6.07) is 16.8. The number of pyridine rings is 1. The molecular weight excluding hydrogens is 250 g/mol. The van der Waals surface area contributed by atoms with Crippen LogP contribution in [0.25, 0.3) is 33.5 Å². The van der Waals surface area contributed by atoms with E-state index in [1.165, 1.54) is 0 Å². The van der Waals surface area contributed by atoms with Gasteiger partial charge in [-0.25, -0.2) is 4.98 Å². The van der Waals surface area contributed by atoms with Gasteiger partial charge in [0.25, 0.3) is 0 Å². The van der Waals surface area contributed by atoms with Gasteiger partial charge in [-0.2, -0.15) is 0 Å². The van der Waals surface area contributed by atoms with Crippen molar-refractivity contribution in [1.29, 1.82) is 0 Å². The summed E-state index contributed by atoms with van der Waals surface area (Å²) in [5.41, 5.74) is 3.35. The zero-order chi connectivity index (χ0) is 13.5. The predicted molar refractivity (Wildman–Crippen MR) is 79.7 cm³/mol. The van der Waals surface area contributed by atoms with Crippen LogP contribution in [0.1, 0.15) is 0 Å². The van der Waals surface area contributed by atoms with Crippen molar-refractivity contribution in [2.24, 2.45) is 0 Å². The van der Waals surface area contributed by atoms with Gasteiger partial charge in [0.15, 0.2) is 11.3 Å². The van der Waals surface area contributed by atoms with Crippen LogP contribution in [0.2, 0.25) is 0 Å². The van der Waals surface area contributed by atoms with Crippen molar-refractivity contribution in [1.82, 2.24) is 15.0 Å². The normalized spacial score (nSPS) is 11.2. The van der Waals surface area contributed by atoms with E-state index in [1.807, 2.05) is 48.5 Å². The number of hydrogen-bond acceptors (Lipinski definition) is 2. The summed E-state index contributed by atoms with van der Waals surface area (Å²) in [5.74, 6) is 0.675. The highest BCUT2D eigenvalue weighted by atomic mass is 16.1. The van der Waals surface area contributed by atoms with Gasteiger partial charge in [-0.15, -0.1) is 0 Å². The fourth-order valence-electron chi connectivity index (χ4n) is 2.40. The summed E-state index contributed by atoms with van der Waals surface area (Å²) < 4.78 is 0. The number of para-hydroxylation sites is 3. The van der Waals surface area contributed by atoms with E-state index >= 15 is 0 Å².